The SMILES string of the molecule is CCCCSP(=O)(OCC)Oc1cc(S(=O)CCC)c2nc3ccccc3cc2c1O. The first-order valence-electron chi connectivity index (χ1n) is 10.4. The quantitative estimate of drug-likeness (QED) is 0.186. The first-order valence-corrected chi connectivity index (χ1v) is 14.9. The Labute approximate surface area is 189 Å². The summed E-state index contributed by atoms with van der Waals surface area (Å²) in [5, 5.41) is 12.2. The molecule has 1 aromatic heterocycles. The number of aromatic nitrogens is 1. The second kappa shape index (κ2) is 10.8. The van der Waals surface area contributed by atoms with Crippen LogP contribution in [-0.4, -0.2) is 32.4 Å². The van der Waals surface area contributed by atoms with Gasteiger partial charge in [0.1, 0.15) is 0 Å². The van der Waals surface area contributed by atoms with E-state index in [2.05, 4.69) is 11.9 Å². The van der Waals surface area contributed by atoms with E-state index in [0.29, 0.717) is 27.3 Å². The molecule has 0 fully saturated rings. The van der Waals surface area contributed by atoms with Gasteiger partial charge in [0.2, 0.25) is 0 Å². The molecule has 0 aliphatic carbocycles. The Hall–Kier alpha value is -1.60. The molecule has 1 N–H and O–H groups in total. The number of rotatable bonds is 11. The average Bonchev–Trinajstić information content (AvgIpc) is 2.75. The molecule has 0 saturated heterocycles. The van der Waals surface area contributed by atoms with Gasteiger partial charge in [0.05, 0.1) is 33.3 Å². The van der Waals surface area contributed by atoms with Crippen LogP contribution < -0.4 is 4.52 Å². The van der Waals surface area contributed by atoms with Gasteiger partial charge in [-0.15, -0.1) is 0 Å². The Bertz CT molecular complexity index is 1140. The zero-order valence-corrected chi connectivity index (χ0v) is 20.5. The molecule has 0 radical (unpaired) electrons. The van der Waals surface area contributed by atoms with Crippen LogP contribution >= 0.6 is 18.2 Å². The molecular formula is C22H28NO5PS2. The Morgan fingerprint density at radius 2 is 1.94 bits per heavy atom. The molecule has 0 aliphatic heterocycles. The number of nitrogens with zero attached hydrogens (tertiary/aromatic N) is 1. The Morgan fingerprint density at radius 3 is 2.65 bits per heavy atom. The predicted octanol–water partition coefficient (Wildman–Crippen LogP) is 6.67. The van der Waals surface area contributed by atoms with Gasteiger partial charge in [0, 0.05) is 28.3 Å². The summed E-state index contributed by atoms with van der Waals surface area (Å²) in [7, 11) is -1.35. The molecule has 31 heavy (non-hydrogen) atoms. The van der Waals surface area contributed by atoms with Crippen molar-refractivity contribution in [3.05, 3.63) is 36.4 Å². The van der Waals surface area contributed by atoms with Gasteiger partial charge in [0.15, 0.2) is 11.5 Å². The maximum absolute atomic E-state index is 13.3. The highest BCUT2D eigenvalue weighted by Gasteiger charge is 2.30. The highest BCUT2D eigenvalue weighted by atomic mass is 32.7. The van der Waals surface area contributed by atoms with Gasteiger partial charge in [-0.3, -0.25) is 8.73 Å². The first-order chi connectivity index (χ1) is 14.9. The second-order valence-electron chi connectivity index (χ2n) is 6.99. The predicted molar refractivity (Wildman–Crippen MR) is 130 cm³/mol. The van der Waals surface area contributed by atoms with Crippen LogP contribution in [0.2, 0.25) is 0 Å². The smallest absolute Gasteiger partial charge is 0.440 e. The third kappa shape index (κ3) is 5.61. The van der Waals surface area contributed by atoms with Crippen molar-refractivity contribution in [3.8, 4) is 11.5 Å². The summed E-state index contributed by atoms with van der Waals surface area (Å²) in [6.07, 6.45) is 2.55. The zero-order valence-electron chi connectivity index (χ0n) is 18.0. The molecule has 2 aromatic carbocycles. The molecule has 6 nitrogen and oxygen atoms in total. The summed E-state index contributed by atoms with van der Waals surface area (Å²) in [5.74, 6) is 0.886. The second-order valence-corrected chi connectivity index (χ2v) is 12.6. The van der Waals surface area contributed by atoms with Gasteiger partial charge in [-0.25, -0.2) is 9.55 Å². The van der Waals surface area contributed by atoms with Crippen LogP contribution in [0.5, 0.6) is 11.5 Å². The van der Waals surface area contributed by atoms with Crippen molar-refractivity contribution in [2.75, 3.05) is 18.1 Å². The Morgan fingerprint density at radius 1 is 1.16 bits per heavy atom. The average molecular weight is 482 g/mol. The lowest BCUT2D eigenvalue weighted by molar-refractivity contribution is 0.292. The van der Waals surface area contributed by atoms with Crippen molar-refractivity contribution in [1.82, 2.24) is 4.98 Å². The van der Waals surface area contributed by atoms with Crippen molar-refractivity contribution in [2.45, 2.75) is 44.9 Å². The standard InChI is InChI=1S/C22H28NO5PS2/c1-4-7-12-30-29(25,27-6-3)28-19-15-20(31(26)13-5-2)21-17(22(19)24)14-16-10-8-9-11-18(16)23-21/h8-11,14-15,24H,4-7,12-13H2,1-3H3. The normalized spacial score (nSPS) is 14.5. The largest absolute Gasteiger partial charge is 0.504 e. The fraction of sp³-hybridized carbons (Fsp3) is 0.409. The van der Waals surface area contributed by atoms with E-state index in [9.17, 15) is 13.9 Å². The van der Waals surface area contributed by atoms with Crippen LogP contribution in [0.4, 0.5) is 0 Å². The maximum Gasteiger partial charge on any atom is 0.440 e. The van der Waals surface area contributed by atoms with Crippen molar-refractivity contribution < 1.29 is 22.9 Å². The summed E-state index contributed by atoms with van der Waals surface area (Å²) in [4.78, 5) is 5.12. The number of para-hydroxylation sites is 1. The van der Waals surface area contributed by atoms with E-state index in [1.54, 1.807) is 13.0 Å². The monoisotopic (exact) mass is 481 g/mol. The lowest BCUT2D eigenvalue weighted by Gasteiger charge is -2.20. The minimum Gasteiger partial charge on any atom is -0.504 e. The molecular weight excluding hydrogens is 453 g/mol. The third-order valence-electron chi connectivity index (χ3n) is 4.59. The number of benzene rings is 2. The summed E-state index contributed by atoms with van der Waals surface area (Å²) < 4.78 is 37.5. The highest BCUT2D eigenvalue weighted by Crippen LogP contribution is 2.61. The van der Waals surface area contributed by atoms with Gasteiger partial charge < -0.3 is 9.63 Å². The maximum atomic E-state index is 13.3. The van der Waals surface area contributed by atoms with E-state index < -0.39 is 17.6 Å². The molecule has 3 aromatic rings. The van der Waals surface area contributed by atoms with Crippen LogP contribution in [0.1, 0.15) is 40.0 Å². The molecule has 0 aliphatic rings. The molecule has 2 atom stereocenters. The Balaban J connectivity index is 2.16. The van der Waals surface area contributed by atoms with Gasteiger partial charge >= 0.3 is 6.80 Å². The summed E-state index contributed by atoms with van der Waals surface area (Å²) in [6.45, 7) is 2.41. The van der Waals surface area contributed by atoms with Crippen LogP contribution in [0, 0.1) is 0 Å². The van der Waals surface area contributed by atoms with Gasteiger partial charge in [-0.1, -0.05) is 38.5 Å². The minimum absolute atomic E-state index is 0.00446. The van der Waals surface area contributed by atoms with Crippen LogP contribution in [0.3, 0.4) is 0 Å². The number of hydrogen-bond acceptors (Lipinski definition) is 7. The van der Waals surface area contributed by atoms with Crippen molar-refractivity contribution in [1.29, 1.82) is 0 Å². The number of phenols is 1. The van der Waals surface area contributed by atoms with E-state index in [1.807, 2.05) is 31.2 Å². The number of aromatic hydroxyl groups is 1. The fourth-order valence-electron chi connectivity index (χ4n) is 3.10. The molecule has 0 saturated carbocycles. The van der Waals surface area contributed by atoms with Crippen LogP contribution in [0.15, 0.2) is 41.3 Å². The van der Waals surface area contributed by atoms with Gasteiger partial charge in [-0.05, 0) is 43.3 Å². The molecule has 2 unspecified atom stereocenters. The first kappa shape index (κ1) is 24.1. The fourth-order valence-corrected chi connectivity index (χ4v) is 7.82. The molecule has 0 bridgehead atoms. The minimum atomic E-state index is -3.55. The van der Waals surface area contributed by atoms with E-state index in [-0.39, 0.29) is 18.1 Å². The van der Waals surface area contributed by atoms with E-state index in [1.165, 1.54) is 6.07 Å². The summed E-state index contributed by atoms with van der Waals surface area (Å²) in [6, 6.07) is 10.8. The number of unbranched alkanes of at least 4 members (excludes halogenated alkanes) is 1. The van der Waals surface area contributed by atoms with Crippen LogP contribution in [0.25, 0.3) is 21.8 Å². The molecule has 1 heterocycles. The molecule has 3 rings (SSSR count). The molecule has 168 valence electrons. The number of pyridine rings is 1. The molecule has 0 amide bonds. The lowest BCUT2D eigenvalue weighted by Crippen LogP contribution is -2.02. The highest BCUT2D eigenvalue weighted by molar-refractivity contribution is 8.55. The topological polar surface area (TPSA) is 85.7 Å². The van der Waals surface area contributed by atoms with Gasteiger partial charge in [0.25, 0.3) is 0 Å². The number of phenolic OH excluding ortho intramolecular Hbond substituents is 1. The molecule has 9 heteroatoms. The Kier molecular flexibility index (Phi) is 8.39. The van der Waals surface area contributed by atoms with Crippen LogP contribution in [-0.2, 0) is 19.9 Å². The zero-order chi connectivity index (χ0) is 22.4. The van der Waals surface area contributed by atoms with Crippen molar-refractivity contribution in [2.24, 2.45) is 0 Å². The summed E-state index contributed by atoms with van der Waals surface area (Å²) >= 11 is 1.12. The van der Waals surface area contributed by atoms with E-state index in [0.717, 1.165) is 41.5 Å². The lowest BCUT2D eigenvalue weighted by atomic mass is 10.1. The summed E-state index contributed by atoms with van der Waals surface area (Å²) in [5.41, 5.74) is 1.20. The van der Waals surface area contributed by atoms with E-state index >= 15 is 0 Å². The number of fused-ring (bicyclic) bond motifs is 2. The third-order valence-corrected chi connectivity index (χ3v) is 9.99. The number of hydrogen-bond donors (Lipinski definition) is 1. The van der Waals surface area contributed by atoms with Gasteiger partial charge in [-0.2, -0.15) is 0 Å². The van der Waals surface area contributed by atoms with Crippen molar-refractivity contribution in [3.63, 3.8) is 0 Å². The molecule has 0 spiro atoms. The van der Waals surface area contributed by atoms with E-state index in [4.69, 9.17) is 9.05 Å². The van der Waals surface area contributed by atoms with Crippen molar-refractivity contribution >= 4 is 50.8 Å².